The Morgan fingerprint density at radius 2 is 2.11 bits per heavy atom. The Kier molecular flexibility index (Phi) is 5.54. The normalized spacial score (nSPS) is 11.6. The molecule has 3 nitrogen and oxygen atoms in total. The van der Waals surface area contributed by atoms with Crippen molar-refractivity contribution in [2.45, 2.75) is 40.7 Å². The third-order valence-electron chi connectivity index (χ3n) is 2.55. The standard InChI is InChI=1S/C14H23FN2O/c1-5-16-9-11-8-12(15)10-17-13(11)18-7-6-14(2,3)4/h8,10,16H,5-7,9H2,1-4H3. The van der Waals surface area contributed by atoms with Gasteiger partial charge in [-0.05, 0) is 24.4 Å². The number of halogens is 1. The minimum Gasteiger partial charge on any atom is -0.477 e. The highest BCUT2D eigenvalue weighted by Crippen LogP contribution is 2.21. The van der Waals surface area contributed by atoms with Gasteiger partial charge in [0.15, 0.2) is 0 Å². The number of ether oxygens (including phenoxy) is 1. The molecule has 0 saturated carbocycles. The van der Waals surface area contributed by atoms with Crippen molar-refractivity contribution in [3.05, 3.63) is 23.6 Å². The van der Waals surface area contributed by atoms with Gasteiger partial charge in [-0.1, -0.05) is 27.7 Å². The van der Waals surface area contributed by atoms with Crippen LogP contribution < -0.4 is 10.1 Å². The lowest BCUT2D eigenvalue weighted by Gasteiger charge is -2.18. The van der Waals surface area contributed by atoms with Crippen molar-refractivity contribution >= 4 is 0 Å². The second kappa shape index (κ2) is 6.69. The molecule has 0 atom stereocenters. The predicted molar refractivity (Wildman–Crippen MR) is 71.1 cm³/mol. The van der Waals surface area contributed by atoms with E-state index in [0.717, 1.165) is 18.5 Å². The average molecular weight is 254 g/mol. The second-order valence-electron chi connectivity index (χ2n) is 5.56. The molecule has 18 heavy (non-hydrogen) atoms. The van der Waals surface area contributed by atoms with Crippen LogP contribution >= 0.6 is 0 Å². The molecule has 0 spiro atoms. The van der Waals surface area contributed by atoms with Crippen LogP contribution in [0.3, 0.4) is 0 Å². The maximum absolute atomic E-state index is 13.1. The molecule has 0 saturated heterocycles. The van der Waals surface area contributed by atoms with Gasteiger partial charge in [-0.3, -0.25) is 0 Å². The van der Waals surface area contributed by atoms with E-state index in [9.17, 15) is 4.39 Å². The molecule has 4 heteroatoms. The van der Waals surface area contributed by atoms with Crippen molar-refractivity contribution in [2.75, 3.05) is 13.2 Å². The number of hydrogen-bond donors (Lipinski definition) is 1. The van der Waals surface area contributed by atoms with Crippen LogP contribution in [0.25, 0.3) is 0 Å². The first-order valence-corrected chi connectivity index (χ1v) is 6.40. The Balaban J connectivity index is 2.63. The van der Waals surface area contributed by atoms with Crippen LogP contribution in [0.15, 0.2) is 12.3 Å². The molecule has 1 aromatic rings. The molecule has 1 rings (SSSR count). The lowest BCUT2D eigenvalue weighted by Crippen LogP contribution is -2.16. The molecular weight excluding hydrogens is 231 g/mol. The summed E-state index contributed by atoms with van der Waals surface area (Å²) in [5, 5.41) is 3.15. The Bertz CT molecular complexity index is 375. The maximum Gasteiger partial charge on any atom is 0.218 e. The van der Waals surface area contributed by atoms with Crippen molar-refractivity contribution in [3.8, 4) is 5.88 Å². The summed E-state index contributed by atoms with van der Waals surface area (Å²) in [6.07, 6.45) is 2.13. The Morgan fingerprint density at radius 3 is 2.72 bits per heavy atom. The molecule has 0 fully saturated rings. The Morgan fingerprint density at radius 1 is 1.39 bits per heavy atom. The SMILES string of the molecule is CCNCc1cc(F)cnc1OCCC(C)(C)C. The molecule has 0 radical (unpaired) electrons. The molecular formula is C14H23FN2O. The van der Waals surface area contributed by atoms with Gasteiger partial charge in [0.25, 0.3) is 0 Å². The van der Waals surface area contributed by atoms with E-state index in [4.69, 9.17) is 4.74 Å². The number of pyridine rings is 1. The number of hydrogen-bond acceptors (Lipinski definition) is 3. The van der Waals surface area contributed by atoms with Crippen LogP contribution in [-0.4, -0.2) is 18.1 Å². The molecule has 0 bridgehead atoms. The maximum atomic E-state index is 13.1. The predicted octanol–water partition coefficient (Wildman–Crippen LogP) is 3.15. The minimum atomic E-state index is -0.328. The van der Waals surface area contributed by atoms with Gasteiger partial charge in [0, 0.05) is 12.1 Å². The first-order chi connectivity index (χ1) is 8.42. The fourth-order valence-corrected chi connectivity index (χ4v) is 1.44. The molecule has 102 valence electrons. The van der Waals surface area contributed by atoms with Crippen molar-refractivity contribution < 1.29 is 9.13 Å². The highest BCUT2D eigenvalue weighted by Gasteiger charge is 2.12. The lowest BCUT2D eigenvalue weighted by atomic mass is 9.93. The van der Waals surface area contributed by atoms with Crippen LogP contribution in [0, 0.1) is 11.2 Å². The minimum absolute atomic E-state index is 0.224. The number of nitrogens with one attached hydrogen (secondary N) is 1. The third-order valence-corrected chi connectivity index (χ3v) is 2.55. The van der Waals surface area contributed by atoms with Gasteiger partial charge in [0.1, 0.15) is 5.82 Å². The summed E-state index contributed by atoms with van der Waals surface area (Å²) >= 11 is 0. The highest BCUT2D eigenvalue weighted by atomic mass is 19.1. The van der Waals surface area contributed by atoms with Gasteiger partial charge < -0.3 is 10.1 Å². The van der Waals surface area contributed by atoms with Crippen molar-refractivity contribution in [1.29, 1.82) is 0 Å². The zero-order valence-corrected chi connectivity index (χ0v) is 11.7. The summed E-state index contributed by atoms with van der Waals surface area (Å²) in [5.74, 6) is 0.202. The van der Waals surface area contributed by atoms with Crippen molar-refractivity contribution in [1.82, 2.24) is 10.3 Å². The number of nitrogens with zero attached hydrogens (tertiary/aromatic N) is 1. The monoisotopic (exact) mass is 254 g/mol. The van der Waals surface area contributed by atoms with Crippen LogP contribution in [0.5, 0.6) is 5.88 Å². The molecule has 0 aliphatic carbocycles. The summed E-state index contributed by atoms with van der Waals surface area (Å²) in [7, 11) is 0. The fraction of sp³-hybridized carbons (Fsp3) is 0.643. The first-order valence-electron chi connectivity index (χ1n) is 6.40. The fourth-order valence-electron chi connectivity index (χ4n) is 1.44. The summed E-state index contributed by atoms with van der Waals surface area (Å²) in [4.78, 5) is 4.01. The summed E-state index contributed by atoms with van der Waals surface area (Å²) in [5.41, 5.74) is 0.993. The number of rotatable bonds is 6. The van der Waals surface area contributed by atoms with Gasteiger partial charge in [0.05, 0.1) is 12.8 Å². The van der Waals surface area contributed by atoms with Crippen LogP contribution in [-0.2, 0) is 6.54 Å². The summed E-state index contributed by atoms with van der Waals surface area (Å²) < 4.78 is 18.8. The van der Waals surface area contributed by atoms with Gasteiger partial charge in [-0.25, -0.2) is 9.37 Å². The molecule has 0 amide bonds. The van der Waals surface area contributed by atoms with E-state index in [0.29, 0.717) is 19.0 Å². The number of aromatic nitrogens is 1. The van der Waals surface area contributed by atoms with Gasteiger partial charge in [-0.15, -0.1) is 0 Å². The van der Waals surface area contributed by atoms with Crippen LogP contribution in [0.4, 0.5) is 4.39 Å². The van der Waals surface area contributed by atoms with E-state index in [1.54, 1.807) is 0 Å². The molecule has 0 aromatic carbocycles. The molecule has 0 unspecified atom stereocenters. The van der Waals surface area contributed by atoms with Gasteiger partial charge in [-0.2, -0.15) is 0 Å². The molecule has 1 heterocycles. The Labute approximate surface area is 109 Å². The van der Waals surface area contributed by atoms with E-state index in [-0.39, 0.29) is 11.2 Å². The van der Waals surface area contributed by atoms with E-state index >= 15 is 0 Å². The highest BCUT2D eigenvalue weighted by molar-refractivity contribution is 5.26. The quantitative estimate of drug-likeness (QED) is 0.846. The van der Waals surface area contributed by atoms with Crippen LogP contribution in [0.2, 0.25) is 0 Å². The van der Waals surface area contributed by atoms with Gasteiger partial charge >= 0.3 is 0 Å². The van der Waals surface area contributed by atoms with E-state index < -0.39 is 0 Å². The van der Waals surface area contributed by atoms with Crippen molar-refractivity contribution in [3.63, 3.8) is 0 Å². The zero-order valence-electron chi connectivity index (χ0n) is 11.7. The van der Waals surface area contributed by atoms with E-state index in [1.165, 1.54) is 12.3 Å². The summed E-state index contributed by atoms with van der Waals surface area (Å²) in [6, 6.07) is 1.47. The second-order valence-corrected chi connectivity index (χ2v) is 5.56. The van der Waals surface area contributed by atoms with Crippen molar-refractivity contribution in [2.24, 2.45) is 5.41 Å². The molecule has 0 aliphatic heterocycles. The Hall–Kier alpha value is -1.16. The molecule has 1 aromatic heterocycles. The molecule has 0 aliphatic rings. The van der Waals surface area contributed by atoms with E-state index in [1.807, 2.05) is 6.92 Å². The topological polar surface area (TPSA) is 34.2 Å². The lowest BCUT2D eigenvalue weighted by molar-refractivity contribution is 0.233. The van der Waals surface area contributed by atoms with Gasteiger partial charge in [0.2, 0.25) is 5.88 Å². The van der Waals surface area contributed by atoms with Crippen LogP contribution in [0.1, 0.15) is 39.7 Å². The average Bonchev–Trinajstić information content (AvgIpc) is 2.27. The first kappa shape index (κ1) is 14.9. The smallest absolute Gasteiger partial charge is 0.218 e. The summed E-state index contributed by atoms with van der Waals surface area (Å²) in [6.45, 7) is 10.5. The largest absolute Gasteiger partial charge is 0.477 e. The zero-order chi connectivity index (χ0) is 13.6. The molecule has 1 N–H and O–H groups in total. The third kappa shape index (κ3) is 5.45. The van der Waals surface area contributed by atoms with E-state index in [2.05, 4.69) is 31.1 Å².